The zero-order valence-corrected chi connectivity index (χ0v) is 10.9. The summed E-state index contributed by atoms with van der Waals surface area (Å²) in [5, 5.41) is 13.7. The highest BCUT2D eigenvalue weighted by atomic mass is 19.1. The van der Waals surface area contributed by atoms with Gasteiger partial charge in [-0.2, -0.15) is 0 Å². The highest BCUT2D eigenvalue weighted by Crippen LogP contribution is 2.25. The van der Waals surface area contributed by atoms with E-state index in [0.29, 0.717) is 16.9 Å². The van der Waals surface area contributed by atoms with Gasteiger partial charge in [0.1, 0.15) is 11.6 Å². The molecule has 0 fully saturated rings. The number of pyridine rings is 1. The smallest absolute Gasteiger partial charge is 0.335 e. The summed E-state index contributed by atoms with van der Waals surface area (Å²) in [6.45, 7) is 0. The summed E-state index contributed by atoms with van der Waals surface area (Å²) >= 11 is 0. The van der Waals surface area contributed by atoms with E-state index >= 15 is 0 Å². The van der Waals surface area contributed by atoms with Gasteiger partial charge >= 0.3 is 5.97 Å². The second-order valence-corrected chi connectivity index (χ2v) is 4.53. The summed E-state index contributed by atoms with van der Waals surface area (Å²) in [7, 11) is 0. The molecule has 0 radical (unpaired) electrons. The molecule has 2 N–H and O–H groups in total. The molecule has 0 aliphatic heterocycles. The number of carboxylic acids is 1. The van der Waals surface area contributed by atoms with Gasteiger partial charge in [-0.15, -0.1) is 0 Å². The molecule has 0 aliphatic carbocycles. The van der Waals surface area contributed by atoms with E-state index in [4.69, 9.17) is 5.11 Å². The van der Waals surface area contributed by atoms with E-state index in [1.54, 1.807) is 42.6 Å². The normalized spacial score (nSPS) is 10.5. The Hall–Kier alpha value is -2.95. The predicted octanol–water partition coefficient (Wildman–Crippen LogP) is 3.82. The number of aromatic nitrogens is 1. The summed E-state index contributed by atoms with van der Waals surface area (Å²) < 4.78 is 12.9. The van der Waals surface area contributed by atoms with Crippen molar-refractivity contribution in [2.45, 2.75) is 0 Å². The number of hydrogen-bond donors (Lipinski definition) is 2. The molecule has 1 heterocycles. The number of anilines is 2. The second kappa shape index (κ2) is 5.20. The van der Waals surface area contributed by atoms with Crippen LogP contribution in [0.3, 0.4) is 0 Å². The van der Waals surface area contributed by atoms with E-state index < -0.39 is 5.97 Å². The number of carbonyl (C=O) groups is 1. The first-order valence-electron chi connectivity index (χ1n) is 6.28. The molecule has 4 nitrogen and oxygen atoms in total. The molecule has 3 aromatic rings. The lowest BCUT2D eigenvalue weighted by Crippen LogP contribution is -1.98. The van der Waals surface area contributed by atoms with E-state index in [1.165, 1.54) is 12.1 Å². The van der Waals surface area contributed by atoms with E-state index in [2.05, 4.69) is 10.3 Å². The summed E-state index contributed by atoms with van der Waals surface area (Å²) in [6, 6.07) is 12.5. The molecule has 2 aromatic carbocycles. The summed E-state index contributed by atoms with van der Waals surface area (Å²) in [4.78, 5) is 15.3. The maximum Gasteiger partial charge on any atom is 0.335 e. The van der Waals surface area contributed by atoms with Gasteiger partial charge in [0, 0.05) is 17.3 Å². The zero-order valence-electron chi connectivity index (χ0n) is 10.9. The number of hydrogen-bond acceptors (Lipinski definition) is 3. The zero-order chi connectivity index (χ0) is 14.8. The molecule has 0 atom stereocenters. The molecule has 0 saturated carbocycles. The Morgan fingerprint density at radius 1 is 1.10 bits per heavy atom. The second-order valence-electron chi connectivity index (χ2n) is 4.53. The van der Waals surface area contributed by atoms with Crippen molar-refractivity contribution in [3.63, 3.8) is 0 Å². The summed E-state index contributed by atoms with van der Waals surface area (Å²) in [5.74, 6) is -0.782. The van der Waals surface area contributed by atoms with Crippen LogP contribution in [-0.2, 0) is 0 Å². The van der Waals surface area contributed by atoms with Gasteiger partial charge in [-0.3, -0.25) is 0 Å². The minimum absolute atomic E-state index is 0.192. The van der Waals surface area contributed by atoms with Gasteiger partial charge in [-0.1, -0.05) is 6.07 Å². The topological polar surface area (TPSA) is 62.2 Å². The lowest BCUT2D eigenvalue weighted by Gasteiger charge is -2.09. The molecule has 0 aliphatic rings. The number of halogens is 1. The average Bonchev–Trinajstić information content (AvgIpc) is 2.49. The lowest BCUT2D eigenvalue weighted by molar-refractivity contribution is 0.0697. The molecule has 0 spiro atoms. The van der Waals surface area contributed by atoms with Gasteiger partial charge in [0.15, 0.2) is 0 Å². The Labute approximate surface area is 119 Å². The Bertz CT molecular complexity index is 816. The SMILES string of the molecule is O=C(O)c1ccc2ccnc(Nc3ccc(F)cc3)c2c1. The fraction of sp³-hybridized carbons (Fsp3) is 0. The standard InChI is InChI=1S/C16H11FN2O2/c17-12-3-5-13(6-4-12)19-15-14-9-11(16(20)21)2-1-10(14)7-8-18-15/h1-9H,(H,18,19)(H,20,21). The number of fused-ring (bicyclic) bond motifs is 1. The van der Waals surface area contributed by atoms with Gasteiger partial charge in [0.2, 0.25) is 0 Å². The fourth-order valence-corrected chi connectivity index (χ4v) is 2.07. The largest absolute Gasteiger partial charge is 0.478 e. The number of rotatable bonds is 3. The van der Waals surface area contributed by atoms with Crippen molar-refractivity contribution in [1.82, 2.24) is 4.98 Å². The van der Waals surface area contributed by atoms with Crippen molar-refractivity contribution in [2.24, 2.45) is 0 Å². The van der Waals surface area contributed by atoms with Crippen molar-refractivity contribution in [3.05, 3.63) is 66.1 Å². The van der Waals surface area contributed by atoms with Crippen molar-refractivity contribution < 1.29 is 14.3 Å². The Morgan fingerprint density at radius 2 is 1.86 bits per heavy atom. The molecule has 0 bridgehead atoms. The summed E-state index contributed by atoms with van der Waals surface area (Å²) in [5.41, 5.74) is 0.870. The monoisotopic (exact) mass is 282 g/mol. The van der Waals surface area contributed by atoms with E-state index in [1.807, 2.05) is 0 Å². The minimum atomic E-state index is -0.992. The first-order valence-corrected chi connectivity index (χ1v) is 6.28. The maximum absolute atomic E-state index is 12.9. The summed E-state index contributed by atoms with van der Waals surface area (Å²) in [6.07, 6.45) is 1.63. The molecule has 0 unspecified atom stereocenters. The van der Waals surface area contributed by atoms with E-state index in [9.17, 15) is 9.18 Å². The number of carboxylic acid groups (broad SMARTS) is 1. The van der Waals surface area contributed by atoms with Gasteiger partial charge in [0.25, 0.3) is 0 Å². The predicted molar refractivity (Wildman–Crippen MR) is 78.4 cm³/mol. The Morgan fingerprint density at radius 3 is 2.57 bits per heavy atom. The van der Waals surface area contributed by atoms with Gasteiger partial charge in [-0.05, 0) is 47.9 Å². The van der Waals surface area contributed by atoms with Crippen LogP contribution < -0.4 is 5.32 Å². The highest BCUT2D eigenvalue weighted by Gasteiger charge is 2.08. The van der Waals surface area contributed by atoms with Crippen molar-refractivity contribution in [3.8, 4) is 0 Å². The third kappa shape index (κ3) is 2.67. The molecule has 5 heteroatoms. The third-order valence-electron chi connectivity index (χ3n) is 3.12. The Kier molecular flexibility index (Phi) is 3.23. The number of aromatic carboxylic acids is 1. The van der Waals surface area contributed by atoms with E-state index in [0.717, 1.165) is 5.39 Å². The van der Waals surface area contributed by atoms with Crippen LogP contribution in [0.25, 0.3) is 10.8 Å². The fourth-order valence-electron chi connectivity index (χ4n) is 2.07. The first kappa shape index (κ1) is 13.1. The molecule has 21 heavy (non-hydrogen) atoms. The molecular weight excluding hydrogens is 271 g/mol. The minimum Gasteiger partial charge on any atom is -0.478 e. The van der Waals surface area contributed by atoms with Gasteiger partial charge in [0.05, 0.1) is 5.56 Å². The quantitative estimate of drug-likeness (QED) is 0.766. The highest BCUT2D eigenvalue weighted by molar-refractivity contribution is 5.99. The van der Waals surface area contributed by atoms with Gasteiger partial charge in [-0.25, -0.2) is 14.2 Å². The first-order chi connectivity index (χ1) is 10.1. The number of nitrogens with one attached hydrogen (secondary N) is 1. The molecule has 1 aromatic heterocycles. The van der Waals surface area contributed by atoms with Crippen LogP contribution in [0.5, 0.6) is 0 Å². The van der Waals surface area contributed by atoms with Crippen LogP contribution >= 0.6 is 0 Å². The van der Waals surface area contributed by atoms with Crippen molar-refractivity contribution >= 4 is 28.2 Å². The molecule has 0 amide bonds. The molecule has 3 rings (SSSR count). The van der Waals surface area contributed by atoms with Crippen molar-refractivity contribution in [2.75, 3.05) is 5.32 Å². The molecular formula is C16H11FN2O2. The van der Waals surface area contributed by atoms with Crippen LogP contribution in [0.2, 0.25) is 0 Å². The van der Waals surface area contributed by atoms with Crippen LogP contribution in [0.1, 0.15) is 10.4 Å². The van der Waals surface area contributed by atoms with Crippen LogP contribution in [0, 0.1) is 5.82 Å². The van der Waals surface area contributed by atoms with Gasteiger partial charge < -0.3 is 10.4 Å². The number of benzene rings is 2. The van der Waals surface area contributed by atoms with Crippen molar-refractivity contribution in [1.29, 1.82) is 0 Å². The molecule has 104 valence electrons. The average molecular weight is 282 g/mol. The third-order valence-corrected chi connectivity index (χ3v) is 3.12. The number of nitrogens with zero attached hydrogens (tertiary/aromatic N) is 1. The molecule has 0 saturated heterocycles. The van der Waals surface area contributed by atoms with Crippen LogP contribution in [0.4, 0.5) is 15.9 Å². The van der Waals surface area contributed by atoms with Crippen LogP contribution in [-0.4, -0.2) is 16.1 Å². The van der Waals surface area contributed by atoms with Crippen LogP contribution in [0.15, 0.2) is 54.7 Å². The lowest BCUT2D eigenvalue weighted by atomic mass is 10.1. The Balaban J connectivity index is 2.06. The van der Waals surface area contributed by atoms with E-state index in [-0.39, 0.29) is 11.4 Å². The maximum atomic E-state index is 12.9.